The second-order valence-corrected chi connectivity index (χ2v) is 8.24. The first-order chi connectivity index (χ1) is 15.1. The van der Waals surface area contributed by atoms with E-state index in [1.807, 2.05) is 67.7 Å². The third-order valence-corrected chi connectivity index (χ3v) is 6.00. The standard InChI is InChI=1S/C27H21ClN2O/c1-30-25-14-13-22(28)17-23(25)26(20-8-3-2-4-9-20)29-24(27(30)31)16-18-11-12-19-7-5-6-10-21(19)15-18/h2-15,17,24H,16H2,1H3. The van der Waals surface area contributed by atoms with Crippen molar-refractivity contribution in [1.29, 1.82) is 0 Å². The van der Waals surface area contributed by atoms with E-state index in [4.69, 9.17) is 16.6 Å². The van der Waals surface area contributed by atoms with E-state index >= 15 is 0 Å². The van der Waals surface area contributed by atoms with E-state index in [1.165, 1.54) is 5.39 Å². The zero-order valence-electron chi connectivity index (χ0n) is 17.1. The summed E-state index contributed by atoms with van der Waals surface area (Å²) in [6, 6.07) is 29.7. The lowest BCUT2D eigenvalue weighted by Crippen LogP contribution is -2.36. The molecule has 31 heavy (non-hydrogen) atoms. The number of halogens is 1. The molecule has 4 heteroatoms. The van der Waals surface area contributed by atoms with Gasteiger partial charge in [-0.25, -0.2) is 0 Å². The fraction of sp³-hybridized carbons (Fsp3) is 0.111. The molecule has 0 aromatic heterocycles. The molecule has 1 amide bonds. The molecule has 0 fully saturated rings. The number of benzodiazepines with no additional fused rings is 1. The van der Waals surface area contributed by atoms with Crippen molar-refractivity contribution in [1.82, 2.24) is 0 Å². The van der Waals surface area contributed by atoms with Gasteiger partial charge in [0.05, 0.1) is 11.4 Å². The lowest BCUT2D eigenvalue weighted by molar-refractivity contribution is -0.119. The largest absolute Gasteiger partial charge is 0.313 e. The molecule has 0 saturated carbocycles. The van der Waals surface area contributed by atoms with Crippen LogP contribution in [0.1, 0.15) is 16.7 Å². The van der Waals surface area contributed by atoms with Crippen molar-refractivity contribution in [3.63, 3.8) is 0 Å². The van der Waals surface area contributed by atoms with Crippen molar-refractivity contribution in [3.05, 3.63) is 113 Å². The highest BCUT2D eigenvalue weighted by molar-refractivity contribution is 6.32. The van der Waals surface area contributed by atoms with Crippen molar-refractivity contribution in [2.45, 2.75) is 12.5 Å². The second-order valence-electron chi connectivity index (χ2n) is 7.80. The smallest absolute Gasteiger partial charge is 0.251 e. The van der Waals surface area contributed by atoms with Gasteiger partial charge in [-0.1, -0.05) is 84.4 Å². The molecule has 0 radical (unpaired) electrons. The SMILES string of the molecule is CN1C(=O)C(Cc2ccc3ccccc3c2)N=C(c2ccccc2)c2cc(Cl)ccc21. The van der Waals surface area contributed by atoms with Crippen LogP contribution in [-0.2, 0) is 11.2 Å². The first-order valence-electron chi connectivity index (χ1n) is 10.3. The van der Waals surface area contributed by atoms with Crippen LogP contribution in [0.3, 0.4) is 0 Å². The van der Waals surface area contributed by atoms with E-state index in [2.05, 4.69) is 30.3 Å². The zero-order chi connectivity index (χ0) is 21.4. The molecular weight excluding hydrogens is 404 g/mol. The van der Waals surface area contributed by atoms with Gasteiger partial charge in [-0.2, -0.15) is 0 Å². The third-order valence-electron chi connectivity index (χ3n) is 5.77. The van der Waals surface area contributed by atoms with Gasteiger partial charge in [-0.3, -0.25) is 9.79 Å². The van der Waals surface area contributed by atoms with Crippen LogP contribution < -0.4 is 4.90 Å². The number of carbonyl (C=O) groups excluding carboxylic acids is 1. The number of likely N-dealkylation sites (N-methyl/N-ethyl adjacent to an activating group) is 1. The van der Waals surface area contributed by atoms with Gasteiger partial charge in [-0.15, -0.1) is 0 Å². The summed E-state index contributed by atoms with van der Waals surface area (Å²) < 4.78 is 0. The predicted molar refractivity (Wildman–Crippen MR) is 128 cm³/mol. The second kappa shape index (κ2) is 8.01. The minimum absolute atomic E-state index is 0.0253. The van der Waals surface area contributed by atoms with Gasteiger partial charge in [0.15, 0.2) is 0 Å². The molecule has 1 aliphatic heterocycles. The van der Waals surface area contributed by atoms with E-state index < -0.39 is 6.04 Å². The summed E-state index contributed by atoms with van der Waals surface area (Å²) in [5.41, 5.74) is 4.54. The average molecular weight is 425 g/mol. The molecule has 4 aromatic rings. The zero-order valence-corrected chi connectivity index (χ0v) is 17.9. The highest BCUT2D eigenvalue weighted by atomic mass is 35.5. The molecule has 0 spiro atoms. The number of amides is 1. The number of anilines is 1. The normalized spacial score (nSPS) is 16.1. The van der Waals surface area contributed by atoms with Crippen molar-refractivity contribution >= 4 is 39.7 Å². The number of hydrogen-bond acceptors (Lipinski definition) is 2. The summed E-state index contributed by atoms with van der Waals surface area (Å²) in [5.74, 6) is -0.0253. The molecule has 0 aliphatic carbocycles. The first kappa shape index (κ1) is 19.5. The van der Waals surface area contributed by atoms with Crippen LogP contribution in [0, 0.1) is 0 Å². The molecule has 1 atom stereocenters. The van der Waals surface area contributed by atoms with Gasteiger partial charge in [0.25, 0.3) is 5.91 Å². The fourth-order valence-corrected chi connectivity index (χ4v) is 4.33. The predicted octanol–water partition coefficient (Wildman–Crippen LogP) is 5.92. The molecule has 1 heterocycles. The van der Waals surface area contributed by atoms with Crippen molar-refractivity contribution in [2.75, 3.05) is 11.9 Å². The minimum atomic E-state index is -0.521. The van der Waals surface area contributed by atoms with Crippen LogP contribution in [0.4, 0.5) is 5.69 Å². The Morgan fingerprint density at radius 2 is 1.61 bits per heavy atom. The Bertz CT molecular complexity index is 1310. The number of rotatable bonds is 3. The molecule has 0 bridgehead atoms. The van der Waals surface area contributed by atoms with Crippen molar-refractivity contribution < 1.29 is 4.79 Å². The average Bonchev–Trinajstić information content (AvgIpc) is 2.90. The number of hydrogen-bond donors (Lipinski definition) is 0. The maximum atomic E-state index is 13.4. The van der Waals surface area contributed by atoms with E-state index in [0.29, 0.717) is 11.4 Å². The maximum Gasteiger partial charge on any atom is 0.251 e. The van der Waals surface area contributed by atoms with Gasteiger partial charge in [0, 0.05) is 29.6 Å². The molecule has 1 aliphatic rings. The molecule has 3 nitrogen and oxygen atoms in total. The summed E-state index contributed by atoms with van der Waals surface area (Å²) in [4.78, 5) is 20.1. The van der Waals surface area contributed by atoms with E-state index in [9.17, 15) is 4.79 Å². The summed E-state index contributed by atoms with van der Waals surface area (Å²) in [5, 5.41) is 2.97. The van der Waals surface area contributed by atoms with Crippen LogP contribution >= 0.6 is 11.6 Å². The van der Waals surface area contributed by atoms with E-state index in [1.54, 1.807) is 4.90 Å². The third kappa shape index (κ3) is 3.73. The Hall–Kier alpha value is -3.43. The minimum Gasteiger partial charge on any atom is -0.313 e. The number of carbonyl (C=O) groups is 1. The lowest BCUT2D eigenvalue weighted by atomic mass is 10.00. The Balaban J connectivity index is 1.62. The highest BCUT2D eigenvalue weighted by Gasteiger charge is 2.30. The van der Waals surface area contributed by atoms with Crippen LogP contribution in [-0.4, -0.2) is 24.7 Å². The van der Waals surface area contributed by atoms with Gasteiger partial charge in [-0.05, 0) is 34.5 Å². The van der Waals surface area contributed by atoms with Crippen LogP contribution in [0.25, 0.3) is 10.8 Å². The Morgan fingerprint density at radius 3 is 2.42 bits per heavy atom. The van der Waals surface area contributed by atoms with E-state index in [0.717, 1.165) is 33.5 Å². The van der Waals surface area contributed by atoms with Crippen molar-refractivity contribution in [3.8, 4) is 0 Å². The Labute approximate surface area is 186 Å². The molecule has 0 N–H and O–H groups in total. The van der Waals surface area contributed by atoms with Gasteiger partial charge in [0.2, 0.25) is 0 Å². The summed E-state index contributed by atoms with van der Waals surface area (Å²) in [6.45, 7) is 0. The van der Waals surface area contributed by atoms with Gasteiger partial charge >= 0.3 is 0 Å². The summed E-state index contributed by atoms with van der Waals surface area (Å²) in [6.07, 6.45) is 0.534. The Morgan fingerprint density at radius 1 is 0.871 bits per heavy atom. The molecule has 4 aromatic carbocycles. The molecule has 152 valence electrons. The molecular formula is C27H21ClN2O. The fourth-order valence-electron chi connectivity index (χ4n) is 4.16. The number of aliphatic imine (C=N–C) groups is 1. The van der Waals surface area contributed by atoms with Crippen LogP contribution in [0.15, 0.2) is 96.0 Å². The summed E-state index contributed by atoms with van der Waals surface area (Å²) in [7, 11) is 1.81. The quantitative estimate of drug-likeness (QED) is 0.402. The number of nitrogens with zero attached hydrogens (tertiary/aromatic N) is 2. The van der Waals surface area contributed by atoms with Gasteiger partial charge in [0.1, 0.15) is 6.04 Å². The van der Waals surface area contributed by atoms with Crippen LogP contribution in [0.5, 0.6) is 0 Å². The van der Waals surface area contributed by atoms with Crippen LogP contribution in [0.2, 0.25) is 5.02 Å². The molecule has 5 rings (SSSR count). The maximum absolute atomic E-state index is 13.4. The first-order valence-corrected chi connectivity index (χ1v) is 10.7. The monoisotopic (exact) mass is 424 g/mol. The molecule has 1 unspecified atom stereocenters. The molecule has 0 saturated heterocycles. The van der Waals surface area contributed by atoms with Gasteiger partial charge < -0.3 is 4.90 Å². The van der Waals surface area contributed by atoms with Crippen molar-refractivity contribution in [2.24, 2.45) is 4.99 Å². The lowest BCUT2D eigenvalue weighted by Gasteiger charge is -2.20. The highest BCUT2D eigenvalue weighted by Crippen LogP contribution is 2.31. The topological polar surface area (TPSA) is 32.7 Å². The number of fused-ring (bicyclic) bond motifs is 2. The Kier molecular flexibility index (Phi) is 5.05. The summed E-state index contributed by atoms with van der Waals surface area (Å²) >= 11 is 6.33. The number of benzene rings is 4. The van der Waals surface area contributed by atoms with E-state index in [-0.39, 0.29) is 5.91 Å².